The fourth-order valence-corrected chi connectivity index (χ4v) is 2.52. The summed E-state index contributed by atoms with van der Waals surface area (Å²) in [5.74, 6) is -0.174. The van der Waals surface area contributed by atoms with Crippen LogP contribution in [0.3, 0.4) is 0 Å². The third-order valence-electron chi connectivity index (χ3n) is 3.43. The van der Waals surface area contributed by atoms with Crippen LogP contribution >= 0.6 is 23.2 Å². The molecule has 0 aliphatic heterocycles. The number of aromatic nitrogens is 1. The Kier molecular flexibility index (Phi) is 4.13. The van der Waals surface area contributed by atoms with Gasteiger partial charge in [0.05, 0.1) is 10.6 Å². The van der Waals surface area contributed by atoms with E-state index in [2.05, 4.69) is 17.2 Å². The maximum Gasteiger partial charge on any atom is 0.252 e. The first kappa shape index (κ1) is 13.6. The molecule has 1 fully saturated rings. The topological polar surface area (TPSA) is 42.0 Å². The van der Waals surface area contributed by atoms with Gasteiger partial charge in [-0.15, -0.1) is 0 Å². The van der Waals surface area contributed by atoms with E-state index in [9.17, 15) is 4.79 Å². The van der Waals surface area contributed by atoms with E-state index in [-0.39, 0.29) is 11.1 Å². The summed E-state index contributed by atoms with van der Waals surface area (Å²) < 4.78 is 0. The van der Waals surface area contributed by atoms with E-state index in [0.29, 0.717) is 16.0 Å². The third kappa shape index (κ3) is 3.15. The van der Waals surface area contributed by atoms with Gasteiger partial charge >= 0.3 is 0 Å². The molecule has 0 bridgehead atoms. The number of pyridine rings is 1. The van der Waals surface area contributed by atoms with Gasteiger partial charge in [0.1, 0.15) is 5.15 Å². The molecule has 1 N–H and O–H groups in total. The summed E-state index contributed by atoms with van der Waals surface area (Å²) in [5.41, 5.74) is 0.720. The van der Waals surface area contributed by atoms with Crippen LogP contribution in [-0.2, 0) is 0 Å². The van der Waals surface area contributed by atoms with Crippen LogP contribution < -0.4 is 5.32 Å². The van der Waals surface area contributed by atoms with Gasteiger partial charge in [-0.25, -0.2) is 4.98 Å². The highest BCUT2D eigenvalue weighted by Gasteiger charge is 2.41. The average Bonchev–Trinajstić information content (AvgIpc) is 3.10. The second-order valence-electron chi connectivity index (χ2n) is 4.92. The first-order valence-electron chi connectivity index (χ1n) is 6.15. The highest BCUT2D eigenvalue weighted by atomic mass is 35.5. The van der Waals surface area contributed by atoms with Crippen LogP contribution in [0, 0.1) is 5.41 Å². The molecule has 1 heterocycles. The lowest BCUT2D eigenvalue weighted by atomic mass is 10.0. The Hall–Kier alpha value is -0.800. The van der Waals surface area contributed by atoms with E-state index in [0.717, 1.165) is 19.4 Å². The second-order valence-corrected chi connectivity index (χ2v) is 5.71. The van der Waals surface area contributed by atoms with Crippen molar-refractivity contribution in [1.82, 2.24) is 10.3 Å². The number of nitrogens with one attached hydrogen (secondary N) is 1. The molecule has 0 unspecified atom stereocenters. The van der Waals surface area contributed by atoms with Crippen LogP contribution in [0.25, 0.3) is 0 Å². The van der Waals surface area contributed by atoms with E-state index in [1.54, 1.807) is 0 Å². The Bertz CT molecular complexity index is 458. The van der Waals surface area contributed by atoms with Crippen molar-refractivity contribution >= 4 is 29.1 Å². The summed E-state index contributed by atoms with van der Waals surface area (Å²) in [6.45, 7) is 2.89. The zero-order chi connectivity index (χ0) is 13.2. The largest absolute Gasteiger partial charge is 0.351 e. The normalized spacial score (nSPS) is 16.4. The Balaban J connectivity index is 1.98. The summed E-state index contributed by atoms with van der Waals surface area (Å²) in [4.78, 5) is 15.8. The molecule has 1 aliphatic rings. The molecule has 18 heavy (non-hydrogen) atoms. The van der Waals surface area contributed by atoms with E-state index in [1.807, 2.05) is 0 Å². The maximum absolute atomic E-state index is 12.0. The van der Waals surface area contributed by atoms with E-state index in [1.165, 1.54) is 25.1 Å². The van der Waals surface area contributed by atoms with Gasteiger partial charge in [-0.05, 0) is 30.7 Å². The van der Waals surface area contributed by atoms with Crippen molar-refractivity contribution in [2.45, 2.75) is 32.6 Å². The Labute approximate surface area is 117 Å². The molecule has 2 rings (SSSR count). The van der Waals surface area contributed by atoms with Crippen molar-refractivity contribution in [3.8, 4) is 0 Å². The molecule has 0 aromatic carbocycles. The molecule has 1 aliphatic carbocycles. The van der Waals surface area contributed by atoms with Crippen LogP contribution in [0.4, 0.5) is 0 Å². The number of amides is 1. The predicted molar refractivity (Wildman–Crippen MR) is 73.2 cm³/mol. The van der Waals surface area contributed by atoms with Gasteiger partial charge in [0.25, 0.3) is 5.91 Å². The van der Waals surface area contributed by atoms with Crippen LogP contribution in [0.5, 0.6) is 0 Å². The highest BCUT2D eigenvalue weighted by molar-refractivity contribution is 6.35. The number of rotatable bonds is 5. The summed E-state index contributed by atoms with van der Waals surface area (Å²) in [5, 5.41) is 3.55. The molecule has 1 saturated carbocycles. The van der Waals surface area contributed by atoms with Gasteiger partial charge in [0.15, 0.2) is 0 Å². The minimum absolute atomic E-state index is 0.174. The van der Waals surface area contributed by atoms with Crippen LogP contribution in [0.15, 0.2) is 12.3 Å². The Morgan fingerprint density at radius 2 is 2.22 bits per heavy atom. The fourth-order valence-electron chi connectivity index (χ4n) is 2.17. The molecule has 98 valence electrons. The monoisotopic (exact) mass is 286 g/mol. The molecule has 0 spiro atoms. The van der Waals surface area contributed by atoms with E-state index in [4.69, 9.17) is 23.2 Å². The number of hydrogen-bond acceptors (Lipinski definition) is 2. The van der Waals surface area contributed by atoms with Crippen molar-refractivity contribution in [2.24, 2.45) is 5.41 Å². The van der Waals surface area contributed by atoms with Gasteiger partial charge in [0.2, 0.25) is 0 Å². The number of carbonyl (C=O) groups excluding carboxylic acids is 1. The summed E-state index contributed by atoms with van der Waals surface area (Å²) in [6, 6.07) is 1.50. The number of hydrogen-bond donors (Lipinski definition) is 1. The summed E-state index contributed by atoms with van der Waals surface area (Å²) >= 11 is 11.7. The van der Waals surface area contributed by atoms with Gasteiger partial charge in [0, 0.05) is 12.7 Å². The average molecular weight is 287 g/mol. The highest BCUT2D eigenvalue weighted by Crippen LogP contribution is 2.48. The molecule has 3 nitrogen and oxygen atoms in total. The fraction of sp³-hybridized carbons (Fsp3) is 0.538. The van der Waals surface area contributed by atoms with Crippen molar-refractivity contribution < 1.29 is 4.79 Å². The van der Waals surface area contributed by atoms with Crippen molar-refractivity contribution in [2.75, 3.05) is 6.54 Å². The quantitative estimate of drug-likeness (QED) is 0.839. The molecule has 5 heteroatoms. The number of carbonyl (C=O) groups is 1. The number of nitrogens with zero attached hydrogens (tertiary/aromatic N) is 1. The molecule has 0 radical (unpaired) electrons. The summed E-state index contributed by atoms with van der Waals surface area (Å²) in [6.07, 6.45) is 6.12. The lowest BCUT2D eigenvalue weighted by Gasteiger charge is -2.15. The molecular weight excluding hydrogens is 271 g/mol. The van der Waals surface area contributed by atoms with Crippen LogP contribution in [-0.4, -0.2) is 17.4 Å². The summed E-state index contributed by atoms with van der Waals surface area (Å²) in [7, 11) is 0. The molecule has 1 amide bonds. The van der Waals surface area contributed by atoms with E-state index < -0.39 is 0 Å². The zero-order valence-corrected chi connectivity index (χ0v) is 11.8. The standard InChI is InChI=1S/C13H16Cl2N2O/c1-2-3-13(4-5-13)8-17-12(18)9-6-11(15)16-7-10(9)14/h6-7H,2-5,8H2,1H3,(H,17,18). The molecule has 0 saturated heterocycles. The third-order valence-corrected chi connectivity index (χ3v) is 3.94. The minimum Gasteiger partial charge on any atom is -0.351 e. The van der Waals surface area contributed by atoms with Crippen molar-refractivity contribution in [3.05, 3.63) is 28.0 Å². The van der Waals surface area contributed by atoms with Crippen LogP contribution in [0.1, 0.15) is 43.0 Å². The number of halogens is 2. The minimum atomic E-state index is -0.174. The molecule has 0 atom stereocenters. The van der Waals surface area contributed by atoms with Gasteiger partial charge in [-0.1, -0.05) is 36.5 Å². The zero-order valence-electron chi connectivity index (χ0n) is 10.3. The Morgan fingerprint density at radius 1 is 1.50 bits per heavy atom. The Morgan fingerprint density at radius 3 is 2.83 bits per heavy atom. The van der Waals surface area contributed by atoms with Gasteiger partial charge in [-0.3, -0.25) is 4.79 Å². The van der Waals surface area contributed by atoms with Gasteiger partial charge in [-0.2, -0.15) is 0 Å². The smallest absolute Gasteiger partial charge is 0.252 e. The van der Waals surface area contributed by atoms with Crippen molar-refractivity contribution in [1.29, 1.82) is 0 Å². The molecule has 1 aromatic heterocycles. The molecular formula is C13H16Cl2N2O. The van der Waals surface area contributed by atoms with Crippen molar-refractivity contribution in [3.63, 3.8) is 0 Å². The first-order valence-corrected chi connectivity index (χ1v) is 6.91. The van der Waals surface area contributed by atoms with Crippen LogP contribution in [0.2, 0.25) is 10.2 Å². The SMILES string of the molecule is CCCC1(CNC(=O)c2cc(Cl)ncc2Cl)CC1. The lowest BCUT2D eigenvalue weighted by molar-refractivity contribution is 0.0944. The lowest BCUT2D eigenvalue weighted by Crippen LogP contribution is -2.30. The second kappa shape index (κ2) is 5.45. The van der Waals surface area contributed by atoms with E-state index >= 15 is 0 Å². The maximum atomic E-state index is 12.0. The van der Waals surface area contributed by atoms with Gasteiger partial charge < -0.3 is 5.32 Å². The first-order chi connectivity index (χ1) is 8.56. The predicted octanol–water partition coefficient (Wildman–Crippen LogP) is 3.70. The molecule has 1 aromatic rings.